The summed E-state index contributed by atoms with van der Waals surface area (Å²) in [6.07, 6.45) is 3.76. The number of hydrogen-bond donors (Lipinski definition) is 1. The van der Waals surface area contributed by atoms with Crippen LogP contribution in [-0.2, 0) is 16.1 Å². The van der Waals surface area contributed by atoms with E-state index in [1.54, 1.807) is 46.1 Å². The normalized spacial score (nSPS) is 16.0. The summed E-state index contributed by atoms with van der Waals surface area (Å²) in [5.41, 5.74) is 1.33. The van der Waals surface area contributed by atoms with Gasteiger partial charge in [0.15, 0.2) is 0 Å². The minimum atomic E-state index is -0.430. The molecule has 0 bridgehead atoms. The number of amides is 2. The Bertz CT molecular complexity index is 1040. The van der Waals surface area contributed by atoms with E-state index in [9.17, 15) is 9.59 Å². The van der Waals surface area contributed by atoms with Crippen molar-refractivity contribution in [2.75, 3.05) is 23.4 Å². The highest BCUT2D eigenvalue weighted by molar-refractivity contribution is 6.31. The van der Waals surface area contributed by atoms with Crippen molar-refractivity contribution in [3.8, 4) is 5.75 Å². The third-order valence-electron chi connectivity index (χ3n) is 4.87. The minimum Gasteiger partial charge on any atom is -0.492 e. The molecule has 1 fully saturated rings. The van der Waals surface area contributed by atoms with Gasteiger partial charge in [0.05, 0.1) is 12.5 Å². The zero-order valence-electron chi connectivity index (χ0n) is 16.2. The highest BCUT2D eigenvalue weighted by atomic mass is 35.5. The summed E-state index contributed by atoms with van der Waals surface area (Å²) < 4.78 is 7.53. The van der Waals surface area contributed by atoms with Crippen molar-refractivity contribution in [1.29, 1.82) is 0 Å². The van der Waals surface area contributed by atoms with Crippen molar-refractivity contribution < 1.29 is 14.3 Å². The van der Waals surface area contributed by atoms with Gasteiger partial charge in [-0.2, -0.15) is 5.10 Å². The number of carbonyl (C=O) groups is 2. The number of anilines is 2. The summed E-state index contributed by atoms with van der Waals surface area (Å²) in [5.74, 6) is -0.0569. The summed E-state index contributed by atoms with van der Waals surface area (Å²) in [6.45, 7) is 1.42. The van der Waals surface area contributed by atoms with Crippen molar-refractivity contribution >= 4 is 34.8 Å². The number of halogens is 1. The van der Waals surface area contributed by atoms with E-state index in [1.807, 2.05) is 30.5 Å². The zero-order valence-corrected chi connectivity index (χ0v) is 17.0. The Morgan fingerprint density at radius 1 is 1.20 bits per heavy atom. The van der Waals surface area contributed by atoms with E-state index in [0.29, 0.717) is 41.8 Å². The van der Waals surface area contributed by atoms with Crippen LogP contribution >= 0.6 is 11.6 Å². The van der Waals surface area contributed by atoms with Gasteiger partial charge in [-0.25, -0.2) is 0 Å². The number of nitrogens with one attached hydrogen (secondary N) is 1. The van der Waals surface area contributed by atoms with Crippen LogP contribution in [0.5, 0.6) is 5.75 Å². The van der Waals surface area contributed by atoms with E-state index in [4.69, 9.17) is 16.3 Å². The van der Waals surface area contributed by atoms with Crippen LogP contribution in [0, 0.1) is 5.92 Å². The fourth-order valence-electron chi connectivity index (χ4n) is 3.37. The quantitative estimate of drug-likeness (QED) is 0.628. The molecule has 1 aliphatic rings. The maximum atomic E-state index is 12.7. The monoisotopic (exact) mass is 424 g/mol. The van der Waals surface area contributed by atoms with Crippen LogP contribution in [0.3, 0.4) is 0 Å². The van der Waals surface area contributed by atoms with Crippen LogP contribution in [-0.4, -0.2) is 34.7 Å². The van der Waals surface area contributed by atoms with Gasteiger partial charge in [0, 0.05) is 47.8 Å². The second kappa shape index (κ2) is 9.00. The number of nitrogens with zero attached hydrogens (tertiary/aromatic N) is 3. The van der Waals surface area contributed by atoms with Gasteiger partial charge < -0.3 is 15.0 Å². The van der Waals surface area contributed by atoms with E-state index < -0.39 is 5.92 Å². The van der Waals surface area contributed by atoms with Crippen LogP contribution in [0.25, 0.3) is 0 Å². The van der Waals surface area contributed by atoms with E-state index >= 15 is 0 Å². The fourth-order valence-corrected chi connectivity index (χ4v) is 3.56. The molecule has 1 unspecified atom stereocenters. The maximum absolute atomic E-state index is 12.7. The van der Waals surface area contributed by atoms with Crippen molar-refractivity contribution in [3.05, 3.63) is 72.0 Å². The second-order valence-electron chi connectivity index (χ2n) is 7.02. The summed E-state index contributed by atoms with van der Waals surface area (Å²) in [5, 5.41) is 7.57. The number of carbonyl (C=O) groups excluding carboxylic acids is 2. The molecule has 0 saturated carbocycles. The Balaban J connectivity index is 1.34. The van der Waals surface area contributed by atoms with E-state index in [1.165, 1.54) is 0 Å². The zero-order chi connectivity index (χ0) is 20.9. The number of ether oxygens (including phenoxy) is 1. The SMILES string of the molecule is O=C(Nc1cccc(OCCn2cccn2)c1)C1CC(=O)N(c2cccc(Cl)c2)C1. The van der Waals surface area contributed by atoms with Crippen LogP contribution in [0.4, 0.5) is 11.4 Å². The molecule has 2 amide bonds. The van der Waals surface area contributed by atoms with Crippen molar-refractivity contribution in [3.63, 3.8) is 0 Å². The first-order chi connectivity index (χ1) is 14.6. The molecule has 7 nitrogen and oxygen atoms in total. The first-order valence-electron chi connectivity index (χ1n) is 9.65. The summed E-state index contributed by atoms with van der Waals surface area (Å²) in [4.78, 5) is 26.7. The van der Waals surface area contributed by atoms with Crippen LogP contribution in [0.1, 0.15) is 6.42 Å². The van der Waals surface area contributed by atoms with Gasteiger partial charge in [0.25, 0.3) is 0 Å². The number of hydrogen-bond acceptors (Lipinski definition) is 4. The van der Waals surface area contributed by atoms with Crippen molar-refractivity contribution in [2.24, 2.45) is 5.92 Å². The molecule has 154 valence electrons. The highest BCUT2D eigenvalue weighted by Gasteiger charge is 2.35. The molecule has 2 aromatic carbocycles. The Morgan fingerprint density at radius 3 is 2.87 bits per heavy atom. The molecule has 1 N–H and O–H groups in total. The molecule has 2 heterocycles. The highest BCUT2D eigenvalue weighted by Crippen LogP contribution is 2.28. The lowest BCUT2D eigenvalue weighted by molar-refractivity contribution is -0.122. The molecule has 0 spiro atoms. The fraction of sp³-hybridized carbons (Fsp3) is 0.227. The molecule has 30 heavy (non-hydrogen) atoms. The lowest BCUT2D eigenvalue weighted by atomic mass is 10.1. The third kappa shape index (κ3) is 4.80. The number of benzene rings is 2. The summed E-state index contributed by atoms with van der Waals surface area (Å²) in [7, 11) is 0. The van der Waals surface area contributed by atoms with Crippen molar-refractivity contribution in [2.45, 2.75) is 13.0 Å². The molecule has 8 heteroatoms. The van der Waals surface area contributed by atoms with Gasteiger partial charge in [0.2, 0.25) is 11.8 Å². The second-order valence-corrected chi connectivity index (χ2v) is 7.46. The maximum Gasteiger partial charge on any atom is 0.229 e. The molecule has 1 aromatic heterocycles. The van der Waals surface area contributed by atoms with Crippen LogP contribution in [0.15, 0.2) is 67.0 Å². The predicted molar refractivity (Wildman–Crippen MR) is 115 cm³/mol. The Hall–Kier alpha value is -3.32. The smallest absolute Gasteiger partial charge is 0.229 e. The first kappa shape index (κ1) is 20.0. The average molecular weight is 425 g/mol. The predicted octanol–water partition coefficient (Wildman–Crippen LogP) is 3.61. The van der Waals surface area contributed by atoms with Gasteiger partial charge in [-0.1, -0.05) is 23.7 Å². The largest absolute Gasteiger partial charge is 0.492 e. The molecule has 1 atom stereocenters. The number of aromatic nitrogens is 2. The third-order valence-corrected chi connectivity index (χ3v) is 5.10. The van der Waals surface area contributed by atoms with Gasteiger partial charge >= 0.3 is 0 Å². The molecule has 1 saturated heterocycles. The molecule has 0 radical (unpaired) electrons. The van der Waals surface area contributed by atoms with Crippen LogP contribution in [0.2, 0.25) is 5.02 Å². The molecule has 1 aliphatic heterocycles. The minimum absolute atomic E-state index is 0.0897. The van der Waals surface area contributed by atoms with Crippen LogP contribution < -0.4 is 15.0 Å². The van der Waals surface area contributed by atoms with Gasteiger partial charge in [0.1, 0.15) is 12.4 Å². The van der Waals surface area contributed by atoms with Gasteiger partial charge in [-0.3, -0.25) is 14.3 Å². The summed E-state index contributed by atoms with van der Waals surface area (Å²) >= 11 is 6.02. The Labute approximate surface area is 179 Å². The Morgan fingerprint density at radius 2 is 2.07 bits per heavy atom. The first-order valence-corrected chi connectivity index (χ1v) is 10.0. The molecular weight excluding hydrogens is 404 g/mol. The molecule has 4 rings (SSSR count). The molecular formula is C22H21ClN4O3. The van der Waals surface area contributed by atoms with E-state index in [2.05, 4.69) is 10.4 Å². The Kier molecular flexibility index (Phi) is 5.99. The molecule has 0 aliphatic carbocycles. The molecule has 3 aromatic rings. The average Bonchev–Trinajstić information content (AvgIpc) is 3.38. The standard InChI is InChI=1S/C22H21ClN4O3/c23-17-4-1-6-19(13-17)27-15-16(12-21(27)28)22(29)25-18-5-2-7-20(14-18)30-11-10-26-9-3-8-24-26/h1-9,13-14,16H,10-12,15H2,(H,25,29). The van der Waals surface area contributed by atoms with E-state index in [-0.39, 0.29) is 18.2 Å². The lowest BCUT2D eigenvalue weighted by Gasteiger charge is -2.17. The van der Waals surface area contributed by atoms with Gasteiger partial charge in [-0.05, 0) is 36.4 Å². The van der Waals surface area contributed by atoms with E-state index in [0.717, 1.165) is 0 Å². The van der Waals surface area contributed by atoms with Crippen molar-refractivity contribution in [1.82, 2.24) is 9.78 Å². The summed E-state index contributed by atoms with van der Waals surface area (Å²) in [6, 6.07) is 16.2. The number of rotatable bonds is 7. The van der Waals surface area contributed by atoms with Gasteiger partial charge in [-0.15, -0.1) is 0 Å². The topological polar surface area (TPSA) is 76.5 Å². The lowest BCUT2D eigenvalue weighted by Crippen LogP contribution is -2.28.